The van der Waals surface area contributed by atoms with Crippen LogP contribution >= 0.6 is 0 Å². The molecule has 1 amide bonds. The van der Waals surface area contributed by atoms with Gasteiger partial charge in [-0.3, -0.25) is 4.79 Å². The number of nitrogens with two attached hydrogens (primary N) is 1. The molecule has 0 aliphatic heterocycles. The lowest BCUT2D eigenvalue weighted by atomic mass is 10.1. The maximum absolute atomic E-state index is 12.0. The van der Waals surface area contributed by atoms with Crippen LogP contribution in [0.1, 0.15) is 35.7 Å². The van der Waals surface area contributed by atoms with Crippen molar-refractivity contribution < 1.29 is 18.3 Å². The van der Waals surface area contributed by atoms with Crippen molar-refractivity contribution in [3.63, 3.8) is 0 Å². The summed E-state index contributed by atoms with van der Waals surface area (Å²) in [5.74, 6) is -0.666. The maximum atomic E-state index is 12.0. The first-order chi connectivity index (χ1) is 9.27. The van der Waals surface area contributed by atoms with Gasteiger partial charge < -0.3 is 10.8 Å². The van der Waals surface area contributed by atoms with Crippen molar-refractivity contribution in [1.29, 1.82) is 0 Å². The number of carbonyl (C=O) groups excluding carboxylic acids is 1. The molecule has 0 fully saturated rings. The van der Waals surface area contributed by atoms with Crippen molar-refractivity contribution in [3.8, 4) is 0 Å². The molecule has 1 aromatic rings. The van der Waals surface area contributed by atoms with Crippen LogP contribution in [0.5, 0.6) is 0 Å². The zero-order valence-electron chi connectivity index (χ0n) is 11.6. The summed E-state index contributed by atoms with van der Waals surface area (Å²) in [6.07, 6.45) is 0.374. The van der Waals surface area contributed by atoms with Crippen molar-refractivity contribution >= 4 is 15.9 Å². The Hall–Kier alpha value is -1.44. The summed E-state index contributed by atoms with van der Waals surface area (Å²) in [5, 5.41) is 9.38. The molecule has 1 unspecified atom stereocenters. The average Bonchev–Trinajstić information content (AvgIpc) is 2.38. The normalized spacial score (nSPS) is 13.2. The predicted molar refractivity (Wildman–Crippen MR) is 75.8 cm³/mol. The van der Waals surface area contributed by atoms with Crippen molar-refractivity contribution in [3.05, 3.63) is 29.3 Å². The molecular weight excluding hydrogens is 280 g/mol. The number of aliphatic hydroxyl groups is 1. The fourth-order valence-electron chi connectivity index (χ4n) is 1.68. The molecule has 7 heteroatoms. The molecule has 1 aromatic carbocycles. The summed E-state index contributed by atoms with van der Waals surface area (Å²) in [5.41, 5.74) is 6.00. The first-order valence-corrected chi connectivity index (χ1v) is 7.84. The summed E-state index contributed by atoms with van der Waals surface area (Å²) in [7, 11) is -3.71. The van der Waals surface area contributed by atoms with E-state index in [1.165, 1.54) is 18.2 Å². The summed E-state index contributed by atoms with van der Waals surface area (Å²) in [6.45, 7) is 3.64. The second-order valence-corrected chi connectivity index (χ2v) is 6.36. The first kappa shape index (κ1) is 16.6. The maximum Gasteiger partial charge on any atom is 0.249 e. The molecule has 6 nitrogen and oxygen atoms in total. The fourth-order valence-corrected chi connectivity index (χ4v) is 2.75. The third kappa shape index (κ3) is 4.29. The van der Waals surface area contributed by atoms with Gasteiger partial charge in [-0.15, -0.1) is 0 Å². The largest absolute Gasteiger partial charge is 0.393 e. The monoisotopic (exact) mass is 300 g/mol. The van der Waals surface area contributed by atoms with E-state index in [9.17, 15) is 18.3 Å². The fraction of sp³-hybridized carbons (Fsp3) is 0.462. The third-order valence-corrected chi connectivity index (χ3v) is 4.48. The summed E-state index contributed by atoms with van der Waals surface area (Å²) >= 11 is 0. The quantitative estimate of drug-likeness (QED) is 0.682. The third-order valence-electron chi connectivity index (χ3n) is 3.03. The van der Waals surface area contributed by atoms with E-state index in [0.29, 0.717) is 18.4 Å². The number of primary amides is 1. The number of aliphatic hydroxyl groups excluding tert-OH is 1. The Morgan fingerprint density at radius 2 is 2.10 bits per heavy atom. The molecule has 0 aliphatic rings. The number of rotatable bonds is 7. The van der Waals surface area contributed by atoms with Crippen molar-refractivity contribution in [2.24, 2.45) is 5.73 Å². The number of amides is 1. The Morgan fingerprint density at radius 1 is 1.45 bits per heavy atom. The highest BCUT2D eigenvalue weighted by atomic mass is 32.2. The van der Waals surface area contributed by atoms with Crippen LogP contribution in [-0.2, 0) is 10.0 Å². The summed E-state index contributed by atoms with van der Waals surface area (Å²) in [4.78, 5) is 11.2. The SMILES string of the molecule is CCC(O)CCNS(=O)(=O)c1ccc(C)c(C(N)=O)c1. The van der Waals surface area contributed by atoms with Crippen LogP contribution in [0.2, 0.25) is 0 Å². The minimum absolute atomic E-state index is 0.0112. The van der Waals surface area contributed by atoms with Gasteiger partial charge in [-0.25, -0.2) is 13.1 Å². The molecule has 20 heavy (non-hydrogen) atoms. The second-order valence-electron chi connectivity index (χ2n) is 4.59. The lowest BCUT2D eigenvalue weighted by molar-refractivity contribution is 0.0999. The van der Waals surface area contributed by atoms with Crippen LogP contribution in [-0.4, -0.2) is 32.1 Å². The highest BCUT2D eigenvalue weighted by Crippen LogP contribution is 2.15. The van der Waals surface area contributed by atoms with Gasteiger partial charge in [0.15, 0.2) is 0 Å². The van der Waals surface area contributed by atoms with E-state index in [1.54, 1.807) is 6.92 Å². The van der Waals surface area contributed by atoms with Crippen LogP contribution in [0.25, 0.3) is 0 Å². The number of hydrogen-bond acceptors (Lipinski definition) is 4. The van der Waals surface area contributed by atoms with E-state index < -0.39 is 22.0 Å². The van der Waals surface area contributed by atoms with Crippen LogP contribution in [0, 0.1) is 6.92 Å². The van der Waals surface area contributed by atoms with Gasteiger partial charge in [-0.1, -0.05) is 13.0 Å². The van der Waals surface area contributed by atoms with Gasteiger partial charge in [-0.05, 0) is 37.5 Å². The number of aryl methyl sites for hydroxylation is 1. The molecule has 0 spiro atoms. The van der Waals surface area contributed by atoms with Crippen LogP contribution in [0.15, 0.2) is 23.1 Å². The van der Waals surface area contributed by atoms with Gasteiger partial charge in [0.05, 0.1) is 11.0 Å². The minimum Gasteiger partial charge on any atom is -0.393 e. The van der Waals surface area contributed by atoms with Gasteiger partial charge in [0.1, 0.15) is 0 Å². The Morgan fingerprint density at radius 3 is 2.65 bits per heavy atom. The van der Waals surface area contributed by atoms with Crippen molar-refractivity contribution in [1.82, 2.24) is 4.72 Å². The molecule has 0 aromatic heterocycles. The highest BCUT2D eigenvalue weighted by Gasteiger charge is 2.17. The van der Waals surface area contributed by atoms with Gasteiger partial charge >= 0.3 is 0 Å². The predicted octanol–water partition coefficient (Wildman–Crippen LogP) is 0.533. The van der Waals surface area contributed by atoms with Gasteiger partial charge in [-0.2, -0.15) is 0 Å². The minimum atomic E-state index is -3.71. The Kier molecular flexibility index (Phi) is 5.67. The van der Waals surface area contributed by atoms with E-state index in [-0.39, 0.29) is 17.0 Å². The zero-order valence-corrected chi connectivity index (χ0v) is 12.4. The van der Waals surface area contributed by atoms with Gasteiger partial charge in [0, 0.05) is 12.1 Å². The first-order valence-electron chi connectivity index (χ1n) is 6.36. The van der Waals surface area contributed by atoms with Gasteiger partial charge in [0.2, 0.25) is 15.9 Å². The number of hydrogen-bond donors (Lipinski definition) is 3. The Balaban J connectivity index is 2.88. The molecule has 4 N–H and O–H groups in total. The van der Waals surface area contributed by atoms with Crippen LogP contribution in [0.4, 0.5) is 0 Å². The van der Waals surface area contributed by atoms with E-state index >= 15 is 0 Å². The number of carbonyl (C=O) groups is 1. The molecule has 0 radical (unpaired) electrons. The van der Waals surface area contributed by atoms with E-state index in [4.69, 9.17) is 5.73 Å². The molecule has 0 saturated heterocycles. The standard InChI is InChI=1S/C13H20N2O4S/c1-3-10(16)6-7-15-20(18,19)11-5-4-9(2)12(8-11)13(14)17/h4-5,8,10,15-16H,3,6-7H2,1-2H3,(H2,14,17). The number of benzene rings is 1. The summed E-state index contributed by atoms with van der Waals surface area (Å²) in [6, 6.07) is 4.21. The lowest BCUT2D eigenvalue weighted by Crippen LogP contribution is -2.27. The van der Waals surface area contributed by atoms with E-state index in [0.717, 1.165) is 0 Å². The molecule has 0 bridgehead atoms. The van der Waals surface area contributed by atoms with Gasteiger partial charge in [0.25, 0.3) is 0 Å². The van der Waals surface area contributed by atoms with E-state index in [2.05, 4.69) is 4.72 Å². The molecule has 1 rings (SSSR count). The Bertz CT molecular complexity index is 584. The topological polar surface area (TPSA) is 109 Å². The van der Waals surface area contributed by atoms with Crippen molar-refractivity contribution in [2.45, 2.75) is 37.7 Å². The molecule has 0 heterocycles. The van der Waals surface area contributed by atoms with Crippen LogP contribution < -0.4 is 10.5 Å². The smallest absolute Gasteiger partial charge is 0.249 e. The lowest BCUT2D eigenvalue weighted by Gasteiger charge is -2.11. The second kappa shape index (κ2) is 6.83. The molecular formula is C13H20N2O4S. The molecule has 1 atom stereocenters. The molecule has 112 valence electrons. The molecule has 0 saturated carbocycles. The molecule has 0 aliphatic carbocycles. The Labute approximate surface area is 119 Å². The van der Waals surface area contributed by atoms with Crippen molar-refractivity contribution in [2.75, 3.05) is 6.54 Å². The highest BCUT2D eigenvalue weighted by molar-refractivity contribution is 7.89. The average molecular weight is 300 g/mol. The van der Waals surface area contributed by atoms with E-state index in [1.807, 2.05) is 6.92 Å². The zero-order chi connectivity index (χ0) is 15.3. The van der Waals surface area contributed by atoms with Crippen LogP contribution in [0.3, 0.4) is 0 Å². The number of sulfonamides is 1. The number of nitrogens with one attached hydrogen (secondary N) is 1. The summed E-state index contributed by atoms with van der Waals surface area (Å²) < 4.78 is 26.5.